The van der Waals surface area contributed by atoms with Crippen molar-refractivity contribution in [3.63, 3.8) is 0 Å². The summed E-state index contributed by atoms with van der Waals surface area (Å²) in [6.45, 7) is 4.03. The molecule has 0 saturated carbocycles. The third-order valence-corrected chi connectivity index (χ3v) is 4.40. The number of fused-ring (bicyclic) bond motifs is 1. The fraction of sp³-hybridized carbons (Fsp3) is 0.375. The van der Waals surface area contributed by atoms with Gasteiger partial charge in [0.15, 0.2) is 17.0 Å². The highest BCUT2D eigenvalue weighted by molar-refractivity contribution is 6.32. The van der Waals surface area contributed by atoms with Gasteiger partial charge in [0.1, 0.15) is 11.5 Å². The van der Waals surface area contributed by atoms with E-state index in [2.05, 4.69) is 36.0 Å². The average Bonchev–Trinajstić information content (AvgIpc) is 3.09. The molecule has 0 amide bonds. The molecule has 0 saturated heterocycles. The Morgan fingerprint density at radius 1 is 1.19 bits per heavy atom. The van der Waals surface area contributed by atoms with Crippen LogP contribution in [-0.4, -0.2) is 53.3 Å². The van der Waals surface area contributed by atoms with Gasteiger partial charge in [-0.05, 0) is 12.0 Å². The molecule has 27 heavy (non-hydrogen) atoms. The summed E-state index contributed by atoms with van der Waals surface area (Å²) in [7, 11) is 0. The van der Waals surface area contributed by atoms with E-state index in [0.717, 1.165) is 0 Å². The van der Waals surface area contributed by atoms with Crippen molar-refractivity contribution in [2.45, 2.75) is 26.4 Å². The topological polar surface area (TPSA) is 152 Å². The number of nitrogens with zero attached hydrogens (tertiary/aromatic N) is 4. The number of phenolic OH excluding ortho intramolecular Hbond substituents is 2. The Labute approximate surface area is 159 Å². The van der Waals surface area contributed by atoms with Crippen molar-refractivity contribution >= 4 is 34.5 Å². The molecule has 3 aromatic rings. The molecule has 0 bridgehead atoms. The molecule has 0 aliphatic carbocycles. The SMILES string of the molecule is CC(C)C(CO)Nc1nc(NCc2cc(O)c(Cl)cc2O)c2nn[nH]c2n1. The summed E-state index contributed by atoms with van der Waals surface area (Å²) in [5.41, 5.74) is 1.26. The molecule has 144 valence electrons. The second-order valence-electron chi connectivity index (χ2n) is 6.37. The van der Waals surface area contributed by atoms with Gasteiger partial charge in [0.25, 0.3) is 0 Å². The first-order valence-corrected chi connectivity index (χ1v) is 8.67. The molecule has 0 radical (unpaired) electrons. The summed E-state index contributed by atoms with van der Waals surface area (Å²) >= 11 is 5.77. The maximum Gasteiger partial charge on any atom is 0.227 e. The minimum absolute atomic E-state index is 0.0609. The van der Waals surface area contributed by atoms with E-state index < -0.39 is 0 Å². The van der Waals surface area contributed by atoms with Crippen LogP contribution >= 0.6 is 11.6 Å². The lowest BCUT2D eigenvalue weighted by Gasteiger charge is -2.20. The van der Waals surface area contributed by atoms with Crippen molar-refractivity contribution in [2.75, 3.05) is 17.2 Å². The largest absolute Gasteiger partial charge is 0.508 e. The van der Waals surface area contributed by atoms with E-state index in [1.54, 1.807) is 0 Å². The Hall–Kier alpha value is -2.85. The van der Waals surface area contributed by atoms with E-state index in [4.69, 9.17) is 11.6 Å². The van der Waals surface area contributed by atoms with Gasteiger partial charge >= 0.3 is 0 Å². The maximum atomic E-state index is 9.99. The van der Waals surface area contributed by atoms with Crippen molar-refractivity contribution in [3.8, 4) is 11.5 Å². The molecule has 2 heterocycles. The second-order valence-corrected chi connectivity index (χ2v) is 6.78. The standard InChI is InChI=1S/C16H20ClN7O3/c1-7(2)10(6-25)19-16-20-14(13-15(21-16)23-24-22-13)18-5-8-3-12(27)9(17)4-11(8)26/h3-4,7,10,25-27H,5-6H2,1-2H3,(H3,18,19,20,21,22,23,24). The fourth-order valence-electron chi connectivity index (χ4n) is 2.44. The van der Waals surface area contributed by atoms with Crippen LogP contribution in [0.4, 0.5) is 11.8 Å². The number of aliphatic hydroxyl groups excluding tert-OH is 1. The highest BCUT2D eigenvalue weighted by atomic mass is 35.5. The number of aromatic amines is 1. The monoisotopic (exact) mass is 393 g/mol. The molecule has 1 atom stereocenters. The molecule has 2 aromatic heterocycles. The quantitative estimate of drug-likeness (QED) is 0.330. The maximum absolute atomic E-state index is 9.99. The Morgan fingerprint density at radius 3 is 2.67 bits per heavy atom. The number of H-pyrrole nitrogens is 1. The number of hydrogen-bond acceptors (Lipinski definition) is 9. The lowest BCUT2D eigenvalue weighted by atomic mass is 10.1. The molecule has 6 N–H and O–H groups in total. The van der Waals surface area contributed by atoms with E-state index in [1.807, 2.05) is 13.8 Å². The van der Waals surface area contributed by atoms with Crippen LogP contribution in [0.1, 0.15) is 19.4 Å². The summed E-state index contributed by atoms with van der Waals surface area (Å²) in [4.78, 5) is 8.69. The highest BCUT2D eigenvalue weighted by Crippen LogP contribution is 2.31. The smallest absolute Gasteiger partial charge is 0.227 e. The first-order valence-electron chi connectivity index (χ1n) is 8.29. The first-order chi connectivity index (χ1) is 12.9. The van der Waals surface area contributed by atoms with Crippen molar-refractivity contribution in [1.29, 1.82) is 0 Å². The van der Waals surface area contributed by atoms with Crippen LogP contribution in [0.25, 0.3) is 11.2 Å². The summed E-state index contributed by atoms with van der Waals surface area (Å²) in [5.74, 6) is 0.650. The van der Waals surface area contributed by atoms with E-state index in [9.17, 15) is 15.3 Å². The molecule has 0 aliphatic heterocycles. The molecular weight excluding hydrogens is 374 g/mol. The van der Waals surface area contributed by atoms with Gasteiger partial charge in [0.05, 0.1) is 17.7 Å². The molecule has 0 spiro atoms. The molecular formula is C16H20ClN7O3. The molecule has 10 nitrogen and oxygen atoms in total. The van der Waals surface area contributed by atoms with Crippen molar-refractivity contribution in [1.82, 2.24) is 25.4 Å². The Bertz CT molecular complexity index is 947. The zero-order valence-corrected chi connectivity index (χ0v) is 15.5. The Balaban J connectivity index is 1.87. The minimum atomic E-state index is -0.219. The van der Waals surface area contributed by atoms with Crippen molar-refractivity contribution < 1.29 is 15.3 Å². The van der Waals surface area contributed by atoms with Gasteiger partial charge in [-0.3, -0.25) is 0 Å². The van der Waals surface area contributed by atoms with Crippen molar-refractivity contribution in [3.05, 3.63) is 22.7 Å². The average molecular weight is 394 g/mol. The lowest BCUT2D eigenvalue weighted by Crippen LogP contribution is -2.30. The van der Waals surface area contributed by atoms with Gasteiger partial charge in [-0.1, -0.05) is 30.7 Å². The number of aromatic hydroxyl groups is 2. The van der Waals surface area contributed by atoms with Crippen LogP contribution in [0.3, 0.4) is 0 Å². The van der Waals surface area contributed by atoms with Crippen LogP contribution in [-0.2, 0) is 6.54 Å². The summed E-state index contributed by atoms with van der Waals surface area (Å²) in [6.07, 6.45) is 0. The lowest BCUT2D eigenvalue weighted by molar-refractivity contribution is 0.248. The number of anilines is 2. The molecule has 11 heteroatoms. The fourth-order valence-corrected chi connectivity index (χ4v) is 2.60. The molecule has 0 aliphatic rings. The summed E-state index contributed by atoms with van der Waals surface area (Å²) in [6, 6.07) is 2.41. The predicted octanol–water partition coefficient (Wildman–Crippen LogP) is 1.85. The van der Waals surface area contributed by atoms with Crippen LogP contribution < -0.4 is 10.6 Å². The number of benzene rings is 1. The summed E-state index contributed by atoms with van der Waals surface area (Å²) in [5, 5.41) is 45.8. The van der Waals surface area contributed by atoms with Gasteiger partial charge in [0.2, 0.25) is 5.95 Å². The van der Waals surface area contributed by atoms with Gasteiger partial charge in [-0.25, -0.2) is 5.10 Å². The zero-order chi connectivity index (χ0) is 19.6. The van der Waals surface area contributed by atoms with E-state index in [1.165, 1.54) is 12.1 Å². The normalized spacial score (nSPS) is 12.5. The number of nitrogens with one attached hydrogen (secondary N) is 3. The Morgan fingerprint density at radius 2 is 1.96 bits per heavy atom. The number of phenols is 2. The van der Waals surface area contributed by atoms with Crippen LogP contribution in [0, 0.1) is 5.92 Å². The van der Waals surface area contributed by atoms with Gasteiger partial charge in [0, 0.05) is 18.2 Å². The zero-order valence-electron chi connectivity index (χ0n) is 14.7. The van der Waals surface area contributed by atoms with E-state index in [0.29, 0.717) is 28.5 Å². The number of halogens is 1. The first kappa shape index (κ1) is 18.9. The predicted molar refractivity (Wildman–Crippen MR) is 101 cm³/mol. The third-order valence-electron chi connectivity index (χ3n) is 4.10. The number of aromatic nitrogens is 5. The van der Waals surface area contributed by atoms with Crippen LogP contribution in [0.5, 0.6) is 11.5 Å². The third kappa shape index (κ3) is 4.12. The van der Waals surface area contributed by atoms with Crippen LogP contribution in [0.15, 0.2) is 12.1 Å². The van der Waals surface area contributed by atoms with E-state index >= 15 is 0 Å². The molecule has 0 fully saturated rings. The van der Waals surface area contributed by atoms with Crippen LogP contribution in [0.2, 0.25) is 5.02 Å². The Kier molecular flexibility index (Phi) is 5.47. The number of hydrogen-bond donors (Lipinski definition) is 6. The minimum Gasteiger partial charge on any atom is -0.508 e. The summed E-state index contributed by atoms with van der Waals surface area (Å²) < 4.78 is 0. The van der Waals surface area contributed by atoms with E-state index in [-0.39, 0.29) is 41.6 Å². The molecule has 3 rings (SSSR count). The second kappa shape index (κ2) is 7.80. The number of rotatable bonds is 7. The molecule has 1 aromatic carbocycles. The highest BCUT2D eigenvalue weighted by Gasteiger charge is 2.17. The molecule has 1 unspecified atom stereocenters. The van der Waals surface area contributed by atoms with Gasteiger partial charge in [-0.15, -0.1) is 5.10 Å². The number of aliphatic hydroxyl groups is 1. The van der Waals surface area contributed by atoms with Gasteiger partial charge in [-0.2, -0.15) is 9.97 Å². The van der Waals surface area contributed by atoms with Crippen molar-refractivity contribution in [2.24, 2.45) is 5.92 Å². The van der Waals surface area contributed by atoms with Gasteiger partial charge < -0.3 is 26.0 Å².